The molecule has 0 aromatic carbocycles. The fraction of sp³-hybridized carbons (Fsp3) is 0.385. The monoisotopic (exact) mass is 274 g/mol. The molecule has 20 heavy (non-hydrogen) atoms. The first-order valence-corrected chi connectivity index (χ1v) is 6.26. The Morgan fingerprint density at radius 2 is 1.95 bits per heavy atom. The van der Waals surface area contributed by atoms with Crippen LogP contribution < -0.4 is 11.1 Å². The zero-order valence-corrected chi connectivity index (χ0v) is 11.8. The molecule has 0 fully saturated rings. The first kappa shape index (κ1) is 14.0. The lowest BCUT2D eigenvalue weighted by Gasteiger charge is -2.16. The third kappa shape index (κ3) is 3.11. The molecule has 1 amide bonds. The topological polar surface area (TPSA) is 110 Å². The maximum absolute atomic E-state index is 11.1. The van der Waals surface area contributed by atoms with E-state index in [1.807, 2.05) is 0 Å². The lowest BCUT2D eigenvalue weighted by molar-refractivity contribution is 0.100. The van der Waals surface area contributed by atoms with E-state index in [4.69, 9.17) is 5.73 Å². The Balaban J connectivity index is 2.04. The number of carbonyl (C=O) groups excluding carboxylic acids is 1. The number of carbonyl (C=O) groups is 1. The molecule has 0 saturated carbocycles. The van der Waals surface area contributed by atoms with Crippen LogP contribution >= 0.6 is 0 Å². The van der Waals surface area contributed by atoms with Crippen molar-refractivity contribution in [2.75, 3.05) is 5.32 Å². The van der Waals surface area contributed by atoms with Crippen LogP contribution in [0.2, 0.25) is 0 Å². The maximum atomic E-state index is 11.1. The maximum Gasteiger partial charge on any atom is 0.254 e. The van der Waals surface area contributed by atoms with Gasteiger partial charge in [-0.3, -0.25) is 9.89 Å². The Hall–Kier alpha value is -2.44. The zero-order chi connectivity index (χ0) is 14.8. The molecule has 0 unspecified atom stereocenters. The summed E-state index contributed by atoms with van der Waals surface area (Å²) in [4.78, 5) is 19.8. The third-order valence-corrected chi connectivity index (χ3v) is 2.75. The van der Waals surface area contributed by atoms with Gasteiger partial charge < -0.3 is 11.1 Å². The highest BCUT2D eigenvalue weighted by atomic mass is 16.1. The zero-order valence-electron chi connectivity index (χ0n) is 11.8. The van der Waals surface area contributed by atoms with Gasteiger partial charge in [-0.05, 0) is 0 Å². The highest BCUT2D eigenvalue weighted by Crippen LogP contribution is 2.17. The van der Waals surface area contributed by atoms with E-state index < -0.39 is 5.91 Å². The van der Waals surface area contributed by atoms with Crippen molar-refractivity contribution in [3.63, 3.8) is 0 Å². The van der Waals surface area contributed by atoms with Gasteiger partial charge in [-0.1, -0.05) is 20.8 Å². The van der Waals surface area contributed by atoms with Gasteiger partial charge in [-0.25, -0.2) is 9.97 Å². The van der Waals surface area contributed by atoms with Crippen molar-refractivity contribution in [1.29, 1.82) is 0 Å². The summed E-state index contributed by atoms with van der Waals surface area (Å²) in [6.07, 6.45) is 4.92. The van der Waals surface area contributed by atoms with E-state index in [1.54, 1.807) is 12.4 Å². The van der Waals surface area contributed by atoms with Gasteiger partial charge in [0.25, 0.3) is 5.91 Å². The Morgan fingerprint density at radius 3 is 2.50 bits per heavy atom. The Morgan fingerprint density at radius 1 is 1.30 bits per heavy atom. The molecule has 0 aliphatic carbocycles. The smallest absolute Gasteiger partial charge is 0.254 e. The molecule has 0 bridgehead atoms. The number of nitrogens with two attached hydrogens (primary N) is 1. The molecule has 0 saturated heterocycles. The number of H-pyrrole nitrogens is 1. The first-order valence-electron chi connectivity index (χ1n) is 6.26. The summed E-state index contributed by atoms with van der Waals surface area (Å²) in [5.41, 5.74) is 6.39. The van der Waals surface area contributed by atoms with Crippen molar-refractivity contribution in [3.05, 3.63) is 35.5 Å². The number of rotatable bonds is 4. The van der Waals surface area contributed by atoms with Gasteiger partial charge >= 0.3 is 0 Å². The first-order chi connectivity index (χ1) is 9.38. The van der Waals surface area contributed by atoms with Crippen LogP contribution in [0.5, 0.6) is 0 Å². The number of hydrogen-bond acceptors (Lipinski definition) is 5. The van der Waals surface area contributed by atoms with Gasteiger partial charge in [-0.15, -0.1) is 0 Å². The molecule has 2 heterocycles. The molecule has 4 N–H and O–H groups in total. The van der Waals surface area contributed by atoms with Crippen molar-refractivity contribution in [1.82, 2.24) is 20.2 Å². The molecule has 7 nitrogen and oxygen atoms in total. The lowest BCUT2D eigenvalue weighted by Crippen LogP contribution is -2.16. The van der Waals surface area contributed by atoms with Gasteiger partial charge in [0.05, 0.1) is 6.20 Å². The molecule has 2 aromatic rings. The Bertz CT molecular complexity index is 596. The fourth-order valence-corrected chi connectivity index (χ4v) is 1.63. The highest BCUT2D eigenvalue weighted by molar-refractivity contribution is 5.97. The van der Waals surface area contributed by atoms with Crippen LogP contribution in [-0.2, 0) is 12.0 Å². The van der Waals surface area contributed by atoms with Crippen molar-refractivity contribution < 1.29 is 4.79 Å². The van der Waals surface area contributed by atoms with Crippen LogP contribution in [0.25, 0.3) is 0 Å². The van der Waals surface area contributed by atoms with Crippen molar-refractivity contribution in [2.45, 2.75) is 32.7 Å². The summed E-state index contributed by atoms with van der Waals surface area (Å²) in [7, 11) is 0. The van der Waals surface area contributed by atoms with Crippen LogP contribution in [0, 0.1) is 0 Å². The molecular formula is C13H18N6O. The van der Waals surface area contributed by atoms with Gasteiger partial charge in [-0.2, -0.15) is 5.10 Å². The Labute approximate surface area is 117 Å². The molecule has 0 radical (unpaired) electrons. The van der Waals surface area contributed by atoms with Gasteiger partial charge in [0.15, 0.2) is 0 Å². The number of nitrogens with one attached hydrogen (secondary N) is 2. The minimum absolute atomic E-state index is 0.0749. The molecule has 2 rings (SSSR count). The lowest BCUT2D eigenvalue weighted by atomic mass is 9.96. The molecule has 0 aliphatic heterocycles. The van der Waals surface area contributed by atoms with Crippen molar-refractivity contribution in [3.8, 4) is 0 Å². The molecule has 106 valence electrons. The second kappa shape index (κ2) is 5.28. The van der Waals surface area contributed by atoms with Crippen LogP contribution in [0.4, 0.5) is 5.82 Å². The minimum atomic E-state index is -0.527. The van der Waals surface area contributed by atoms with E-state index in [-0.39, 0.29) is 5.41 Å². The number of primary amides is 1. The highest BCUT2D eigenvalue weighted by Gasteiger charge is 2.16. The van der Waals surface area contributed by atoms with Gasteiger partial charge in [0.1, 0.15) is 17.2 Å². The number of aromatic nitrogens is 4. The van der Waals surface area contributed by atoms with E-state index in [1.165, 1.54) is 6.20 Å². The van der Waals surface area contributed by atoms with Crippen molar-refractivity contribution >= 4 is 11.7 Å². The van der Waals surface area contributed by atoms with Crippen LogP contribution in [0.3, 0.4) is 0 Å². The minimum Gasteiger partial charge on any atom is -0.366 e. The van der Waals surface area contributed by atoms with Crippen LogP contribution in [0.15, 0.2) is 18.6 Å². The van der Waals surface area contributed by atoms with Crippen LogP contribution in [0.1, 0.15) is 42.5 Å². The number of aromatic amines is 1. The molecule has 0 aliphatic rings. The number of hydrogen-bond donors (Lipinski definition) is 3. The normalized spacial score (nSPS) is 11.3. The Kier molecular flexibility index (Phi) is 3.69. The summed E-state index contributed by atoms with van der Waals surface area (Å²) in [5.74, 6) is 0.763. The number of amides is 1. The predicted molar refractivity (Wildman–Crippen MR) is 75.2 cm³/mol. The quantitative estimate of drug-likeness (QED) is 0.776. The SMILES string of the molecule is CC(C)(C)c1ncc(CNc2[nH]ncc2C(N)=O)cn1. The summed E-state index contributed by atoms with van der Waals surface area (Å²) in [6.45, 7) is 6.66. The summed E-state index contributed by atoms with van der Waals surface area (Å²) >= 11 is 0. The standard InChI is InChI=1S/C13H18N6O/c1-13(2,3)12-16-5-8(6-17-12)4-15-11-9(10(14)20)7-18-19-11/h5-7H,4H2,1-3H3,(H2,14,20)(H2,15,18,19). The molecular weight excluding hydrogens is 256 g/mol. The van der Waals surface area contributed by atoms with E-state index >= 15 is 0 Å². The van der Waals surface area contributed by atoms with Crippen LogP contribution in [-0.4, -0.2) is 26.1 Å². The van der Waals surface area contributed by atoms with Gasteiger partial charge in [0, 0.05) is 29.9 Å². The largest absolute Gasteiger partial charge is 0.366 e. The van der Waals surface area contributed by atoms with E-state index in [0.29, 0.717) is 17.9 Å². The molecule has 0 spiro atoms. The van der Waals surface area contributed by atoms with E-state index in [0.717, 1.165) is 11.4 Å². The van der Waals surface area contributed by atoms with Gasteiger partial charge in [0.2, 0.25) is 0 Å². The molecule has 2 aromatic heterocycles. The fourth-order valence-electron chi connectivity index (χ4n) is 1.63. The average Bonchev–Trinajstić information content (AvgIpc) is 2.84. The summed E-state index contributed by atoms with van der Waals surface area (Å²) in [5, 5.41) is 9.52. The summed E-state index contributed by atoms with van der Waals surface area (Å²) in [6, 6.07) is 0. The van der Waals surface area contributed by atoms with E-state index in [9.17, 15) is 4.79 Å². The third-order valence-electron chi connectivity index (χ3n) is 2.75. The predicted octanol–water partition coefficient (Wildman–Crippen LogP) is 1.21. The number of nitrogens with zero attached hydrogens (tertiary/aromatic N) is 3. The number of anilines is 1. The van der Waals surface area contributed by atoms with E-state index in [2.05, 4.69) is 46.3 Å². The molecule has 0 atom stereocenters. The molecule has 7 heteroatoms. The van der Waals surface area contributed by atoms with Crippen molar-refractivity contribution in [2.24, 2.45) is 5.73 Å². The average molecular weight is 274 g/mol. The summed E-state index contributed by atoms with van der Waals surface area (Å²) < 4.78 is 0. The second-order valence-corrected chi connectivity index (χ2v) is 5.54. The second-order valence-electron chi connectivity index (χ2n) is 5.54.